The fraction of sp³-hybridized carbons (Fsp3) is 0.368. The van der Waals surface area contributed by atoms with Gasteiger partial charge in [0.25, 0.3) is 0 Å². The molecule has 2 rings (SSSR count). The minimum Gasteiger partial charge on any atom is -0.488 e. The second kappa shape index (κ2) is 6.84. The Hall–Kier alpha value is -2.00. The predicted molar refractivity (Wildman–Crippen MR) is 91.1 cm³/mol. The molecule has 0 saturated carbocycles. The summed E-state index contributed by atoms with van der Waals surface area (Å²) in [6.07, 6.45) is 0.407. The van der Waals surface area contributed by atoms with Crippen LogP contribution in [0, 0.1) is 0 Å². The highest BCUT2D eigenvalue weighted by Crippen LogP contribution is 2.28. The Bertz CT molecular complexity index is 605. The largest absolute Gasteiger partial charge is 0.488 e. The lowest BCUT2D eigenvalue weighted by Crippen LogP contribution is -2.16. The van der Waals surface area contributed by atoms with Crippen LogP contribution in [0.15, 0.2) is 48.5 Å². The van der Waals surface area contributed by atoms with Crippen molar-refractivity contribution in [2.75, 3.05) is 12.3 Å². The van der Waals surface area contributed by atoms with E-state index in [4.69, 9.17) is 10.5 Å². The monoisotopic (exact) mass is 299 g/mol. The molecule has 0 radical (unpaired) electrons. The Balaban J connectivity index is 2.01. The van der Waals surface area contributed by atoms with Crippen LogP contribution in [0.5, 0.6) is 5.75 Å². The summed E-state index contributed by atoms with van der Waals surface area (Å²) in [5.74, 6) is 0.602. The van der Waals surface area contributed by atoms with Gasteiger partial charge in [0.2, 0.25) is 0 Å². The van der Waals surface area contributed by atoms with Crippen LogP contribution >= 0.6 is 0 Å². The molecule has 0 aliphatic rings. The number of aliphatic hydroxyl groups excluding tert-OH is 1. The summed E-state index contributed by atoms with van der Waals surface area (Å²) in [7, 11) is 0. The minimum absolute atomic E-state index is 0.151. The molecule has 1 atom stereocenters. The number of nitrogen functional groups attached to an aromatic ring is 1. The lowest BCUT2D eigenvalue weighted by molar-refractivity contribution is 0.108. The molecule has 0 heterocycles. The van der Waals surface area contributed by atoms with Gasteiger partial charge < -0.3 is 15.6 Å². The van der Waals surface area contributed by atoms with Crippen molar-refractivity contribution in [1.29, 1.82) is 0 Å². The van der Waals surface area contributed by atoms with Gasteiger partial charge >= 0.3 is 0 Å². The first-order valence-electron chi connectivity index (χ1n) is 7.70. The van der Waals surface area contributed by atoms with Crippen molar-refractivity contribution in [2.24, 2.45) is 0 Å². The second-order valence-electron chi connectivity index (χ2n) is 6.22. The molecule has 0 aliphatic carbocycles. The van der Waals surface area contributed by atoms with Crippen LogP contribution < -0.4 is 10.5 Å². The van der Waals surface area contributed by atoms with E-state index in [-0.39, 0.29) is 12.0 Å². The Morgan fingerprint density at radius 2 is 1.73 bits per heavy atom. The molecular weight excluding hydrogens is 274 g/mol. The Morgan fingerprint density at radius 3 is 2.32 bits per heavy atom. The summed E-state index contributed by atoms with van der Waals surface area (Å²) in [5, 5.41) is 10.3. The minimum atomic E-state index is -0.668. The molecule has 2 aromatic rings. The van der Waals surface area contributed by atoms with E-state index in [1.54, 1.807) is 12.1 Å². The second-order valence-corrected chi connectivity index (χ2v) is 6.22. The topological polar surface area (TPSA) is 55.5 Å². The van der Waals surface area contributed by atoms with E-state index >= 15 is 0 Å². The molecule has 0 spiro atoms. The zero-order valence-corrected chi connectivity index (χ0v) is 13.5. The molecule has 0 fully saturated rings. The van der Waals surface area contributed by atoms with Crippen molar-refractivity contribution in [1.82, 2.24) is 0 Å². The molecule has 2 aromatic carbocycles. The molecule has 22 heavy (non-hydrogen) atoms. The van der Waals surface area contributed by atoms with Crippen LogP contribution in [-0.2, 0) is 5.41 Å². The van der Waals surface area contributed by atoms with Crippen LogP contribution in [-0.4, -0.2) is 11.7 Å². The van der Waals surface area contributed by atoms with Gasteiger partial charge in [-0.3, -0.25) is 0 Å². The van der Waals surface area contributed by atoms with E-state index in [2.05, 4.69) is 32.9 Å². The summed E-state index contributed by atoms with van der Waals surface area (Å²) < 4.78 is 5.60. The number of para-hydroxylation sites is 2. The maximum atomic E-state index is 10.3. The van der Waals surface area contributed by atoms with Gasteiger partial charge in [0.15, 0.2) is 0 Å². The van der Waals surface area contributed by atoms with Gasteiger partial charge in [0.05, 0.1) is 5.69 Å². The van der Waals surface area contributed by atoms with Crippen molar-refractivity contribution in [2.45, 2.75) is 38.7 Å². The van der Waals surface area contributed by atoms with Crippen molar-refractivity contribution < 1.29 is 9.84 Å². The first-order valence-corrected chi connectivity index (χ1v) is 7.70. The summed E-state index contributed by atoms with van der Waals surface area (Å²) in [4.78, 5) is 0. The smallest absolute Gasteiger partial charge is 0.142 e. The Morgan fingerprint density at radius 1 is 1.09 bits per heavy atom. The highest BCUT2D eigenvalue weighted by atomic mass is 16.5. The molecule has 3 nitrogen and oxygen atoms in total. The van der Waals surface area contributed by atoms with Crippen LogP contribution in [0.25, 0.3) is 0 Å². The Kier molecular flexibility index (Phi) is 5.09. The first-order chi connectivity index (χ1) is 10.4. The molecule has 118 valence electrons. The van der Waals surface area contributed by atoms with Gasteiger partial charge in [0.1, 0.15) is 18.5 Å². The van der Waals surface area contributed by atoms with Crippen LogP contribution in [0.4, 0.5) is 5.69 Å². The average molecular weight is 299 g/mol. The number of rotatable bonds is 6. The number of hydrogen-bond acceptors (Lipinski definition) is 3. The number of hydrogen-bond donors (Lipinski definition) is 2. The molecule has 1 unspecified atom stereocenters. The molecule has 3 heteroatoms. The van der Waals surface area contributed by atoms with Gasteiger partial charge in [-0.2, -0.15) is 0 Å². The van der Waals surface area contributed by atoms with Gasteiger partial charge in [-0.05, 0) is 35.1 Å². The Labute approximate surface area is 132 Å². The van der Waals surface area contributed by atoms with Crippen molar-refractivity contribution in [3.8, 4) is 5.75 Å². The van der Waals surface area contributed by atoms with Crippen LogP contribution in [0.1, 0.15) is 44.4 Å². The average Bonchev–Trinajstić information content (AvgIpc) is 2.54. The molecular formula is C19H25NO2. The van der Waals surface area contributed by atoms with Gasteiger partial charge in [-0.1, -0.05) is 57.2 Å². The van der Waals surface area contributed by atoms with Crippen molar-refractivity contribution in [3.63, 3.8) is 0 Å². The highest BCUT2D eigenvalue weighted by Gasteiger charge is 2.18. The third-order valence-electron chi connectivity index (χ3n) is 4.28. The van der Waals surface area contributed by atoms with Gasteiger partial charge in [0, 0.05) is 0 Å². The fourth-order valence-electron chi connectivity index (χ4n) is 2.24. The van der Waals surface area contributed by atoms with Crippen molar-refractivity contribution in [3.05, 3.63) is 59.7 Å². The van der Waals surface area contributed by atoms with Crippen molar-refractivity contribution >= 4 is 5.69 Å². The normalized spacial score (nSPS) is 12.9. The first kappa shape index (κ1) is 16.4. The van der Waals surface area contributed by atoms with E-state index in [0.29, 0.717) is 11.4 Å². The standard InChI is InChI=1S/C19H25NO2/c1-4-19(2,3)15-11-9-14(10-12-15)17(21)13-22-18-8-6-5-7-16(18)20/h5-12,17,21H,4,13,20H2,1-3H3. The zero-order chi connectivity index (χ0) is 16.2. The predicted octanol–water partition coefficient (Wildman–Crippen LogP) is 4.07. The summed E-state index contributed by atoms with van der Waals surface area (Å²) >= 11 is 0. The third-order valence-corrected chi connectivity index (χ3v) is 4.28. The number of ether oxygens (including phenoxy) is 1. The van der Waals surface area contributed by atoms with Gasteiger partial charge in [-0.25, -0.2) is 0 Å². The quantitative estimate of drug-likeness (QED) is 0.791. The fourth-order valence-corrected chi connectivity index (χ4v) is 2.24. The summed E-state index contributed by atoms with van der Waals surface area (Å²) in [6, 6.07) is 15.4. The summed E-state index contributed by atoms with van der Waals surface area (Å²) in [6.45, 7) is 6.81. The van der Waals surface area contributed by atoms with Gasteiger partial charge in [-0.15, -0.1) is 0 Å². The zero-order valence-electron chi connectivity index (χ0n) is 13.5. The van der Waals surface area contributed by atoms with Crippen LogP contribution in [0.3, 0.4) is 0 Å². The number of benzene rings is 2. The van der Waals surface area contributed by atoms with Crippen LogP contribution in [0.2, 0.25) is 0 Å². The van der Waals surface area contributed by atoms with E-state index in [0.717, 1.165) is 12.0 Å². The van der Waals surface area contributed by atoms with E-state index < -0.39 is 6.10 Å². The number of nitrogens with two attached hydrogens (primary N) is 1. The van der Waals surface area contributed by atoms with E-state index in [1.165, 1.54) is 5.56 Å². The van der Waals surface area contributed by atoms with E-state index in [9.17, 15) is 5.11 Å². The molecule has 0 aromatic heterocycles. The SMILES string of the molecule is CCC(C)(C)c1ccc(C(O)COc2ccccc2N)cc1. The molecule has 0 amide bonds. The molecule has 0 aliphatic heterocycles. The maximum absolute atomic E-state index is 10.3. The molecule has 3 N–H and O–H groups in total. The number of aliphatic hydroxyl groups is 1. The summed E-state index contributed by atoms with van der Waals surface area (Å²) in [5.41, 5.74) is 8.68. The lowest BCUT2D eigenvalue weighted by Gasteiger charge is -2.24. The highest BCUT2D eigenvalue weighted by molar-refractivity contribution is 5.51. The molecule has 0 bridgehead atoms. The number of anilines is 1. The van der Waals surface area contributed by atoms with E-state index in [1.807, 2.05) is 24.3 Å². The third kappa shape index (κ3) is 3.80. The maximum Gasteiger partial charge on any atom is 0.142 e. The lowest BCUT2D eigenvalue weighted by atomic mass is 9.82. The molecule has 0 saturated heterocycles.